The van der Waals surface area contributed by atoms with E-state index < -0.39 is 22.2 Å². The van der Waals surface area contributed by atoms with Crippen LogP contribution in [0.2, 0.25) is 0 Å². The molecular formula is C20H13FN4O4. The first kappa shape index (κ1) is 19.4. The van der Waals surface area contributed by atoms with Crippen LogP contribution in [0.15, 0.2) is 65.6 Å². The van der Waals surface area contributed by atoms with Gasteiger partial charge in [-0.1, -0.05) is 18.2 Å². The van der Waals surface area contributed by atoms with Gasteiger partial charge in [-0.3, -0.25) is 19.7 Å². The van der Waals surface area contributed by atoms with Crippen molar-refractivity contribution in [2.75, 3.05) is 5.32 Å². The number of amides is 1. The molecule has 1 N–H and O–H groups in total. The molecule has 0 bridgehead atoms. The summed E-state index contributed by atoms with van der Waals surface area (Å²) in [4.78, 5) is 34.8. The Morgan fingerprint density at radius 3 is 2.66 bits per heavy atom. The second-order valence-corrected chi connectivity index (χ2v) is 6.03. The zero-order valence-corrected chi connectivity index (χ0v) is 14.8. The van der Waals surface area contributed by atoms with Crippen molar-refractivity contribution < 1.29 is 14.1 Å². The predicted molar refractivity (Wildman–Crippen MR) is 102 cm³/mol. The molecule has 0 spiro atoms. The van der Waals surface area contributed by atoms with Crippen molar-refractivity contribution in [3.63, 3.8) is 0 Å². The first-order valence-electron chi connectivity index (χ1n) is 8.33. The van der Waals surface area contributed by atoms with Crippen LogP contribution in [0, 0.1) is 27.3 Å². The lowest BCUT2D eigenvalue weighted by atomic mass is 10.1. The molecule has 8 nitrogen and oxygen atoms in total. The highest BCUT2D eigenvalue weighted by atomic mass is 19.1. The number of nitrogens with zero attached hydrogens (tertiary/aromatic N) is 3. The molecule has 29 heavy (non-hydrogen) atoms. The molecule has 0 atom stereocenters. The van der Waals surface area contributed by atoms with Crippen molar-refractivity contribution in [1.82, 2.24) is 4.57 Å². The standard InChI is InChI=1S/C20H13FN4O4/c21-17-4-2-1-3-13(17)11-24-12-14(5-8-19(24)26)20(27)23-18-7-6-16(25(28)29)9-15(18)10-22/h1-9,12H,11H2,(H,23,27). The van der Waals surface area contributed by atoms with Gasteiger partial charge in [-0.2, -0.15) is 5.26 Å². The predicted octanol–water partition coefficient (Wildman–Crippen LogP) is 3.07. The molecule has 144 valence electrons. The summed E-state index contributed by atoms with van der Waals surface area (Å²) >= 11 is 0. The van der Waals surface area contributed by atoms with Gasteiger partial charge in [0.2, 0.25) is 0 Å². The lowest BCUT2D eigenvalue weighted by Gasteiger charge is -2.10. The van der Waals surface area contributed by atoms with Crippen molar-refractivity contribution in [2.24, 2.45) is 0 Å². The second-order valence-electron chi connectivity index (χ2n) is 6.03. The molecular weight excluding hydrogens is 379 g/mol. The van der Waals surface area contributed by atoms with E-state index in [0.29, 0.717) is 0 Å². The molecule has 1 heterocycles. The number of hydrogen-bond donors (Lipinski definition) is 1. The lowest BCUT2D eigenvalue weighted by Crippen LogP contribution is -2.23. The van der Waals surface area contributed by atoms with Gasteiger partial charge in [-0.15, -0.1) is 0 Å². The Balaban J connectivity index is 1.87. The fourth-order valence-electron chi connectivity index (χ4n) is 2.64. The Bertz CT molecular complexity index is 1210. The average Bonchev–Trinajstić information content (AvgIpc) is 2.71. The van der Waals surface area contributed by atoms with E-state index in [4.69, 9.17) is 0 Å². The van der Waals surface area contributed by atoms with Crippen molar-refractivity contribution in [2.45, 2.75) is 6.54 Å². The van der Waals surface area contributed by atoms with Gasteiger partial charge in [0, 0.05) is 30.0 Å². The normalized spacial score (nSPS) is 10.2. The molecule has 0 fully saturated rings. The van der Waals surface area contributed by atoms with Crippen LogP contribution in [0.25, 0.3) is 0 Å². The summed E-state index contributed by atoms with van der Waals surface area (Å²) in [6, 6.07) is 13.7. The number of nitriles is 1. The molecule has 0 unspecified atom stereocenters. The third kappa shape index (κ3) is 4.33. The number of nitro benzene ring substituents is 1. The Hall–Kier alpha value is -4.32. The van der Waals surface area contributed by atoms with Crippen LogP contribution in [-0.4, -0.2) is 15.4 Å². The van der Waals surface area contributed by atoms with Crippen molar-refractivity contribution >= 4 is 17.3 Å². The molecule has 1 aromatic heterocycles. The fourth-order valence-corrected chi connectivity index (χ4v) is 2.64. The van der Waals surface area contributed by atoms with Crippen LogP contribution in [0.1, 0.15) is 21.5 Å². The van der Waals surface area contributed by atoms with Crippen LogP contribution in [-0.2, 0) is 6.54 Å². The number of carbonyl (C=O) groups is 1. The van der Waals surface area contributed by atoms with Crippen molar-refractivity contribution in [3.8, 4) is 6.07 Å². The first-order chi connectivity index (χ1) is 13.9. The van der Waals surface area contributed by atoms with E-state index in [9.17, 15) is 29.4 Å². The minimum Gasteiger partial charge on any atom is -0.321 e. The fraction of sp³-hybridized carbons (Fsp3) is 0.0500. The van der Waals surface area contributed by atoms with Gasteiger partial charge in [-0.25, -0.2) is 4.39 Å². The number of anilines is 1. The van der Waals surface area contributed by atoms with Crippen LogP contribution in [0.5, 0.6) is 0 Å². The van der Waals surface area contributed by atoms with Crippen molar-refractivity contribution in [3.05, 3.63) is 104 Å². The first-order valence-corrected chi connectivity index (χ1v) is 8.33. The maximum atomic E-state index is 13.9. The highest BCUT2D eigenvalue weighted by molar-refractivity contribution is 6.04. The highest BCUT2D eigenvalue weighted by Crippen LogP contribution is 2.22. The maximum Gasteiger partial charge on any atom is 0.270 e. The summed E-state index contributed by atoms with van der Waals surface area (Å²) in [6.07, 6.45) is 1.28. The number of halogens is 1. The number of nitrogens with one attached hydrogen (secondary N) is 1. The van der Waals surface area contributed by atoms with Gasteiger partial charge in [0.1, 0.15) is 11.9 Å². The molecule has 0 aliphatic carbocycles. The quantitative estimate of drug-likeness (QED) is 0.529. The van der Waals surface area contributed by atoms with Crippen LogP contribution in [0.4, 0.5) is 15.8 Å². The zero-order valence-electron chi connectivity index (χ0n) is 14.8. The van der Waals surface area contributed by atoms with E-state index in [-0.39, 0.29) is 34.6 Å². The van der Waals surface area contributed by atoms with E-state index in [1.165, 1.54) is 47.2 Å². The minimum absolute atomic E-state index is 0.0619. The Labute approximate surface area is 163 Å². The summed E-state index contributed by atoms with van der Waals surface area (Å²) in [5, 5.41) is 22.5. The molecule has 0 aliphatic rings. The number of rotatable bonds is 5. The Kier molecular flexibility index (Phi) is 5.46. The molecule has 0 saturated carbocycles. The molecule has 3 rings (SSSR count). The van der Waals surface area contributed by atoms with Gasteiger partial charge in [0.25, 0.3) is 17.2 Å². The highest BCUT2D eigenvalue weighted by Gasteiger charge is 2.15. The lowest BCUT2D eigenvalue weighted by molar-refractivity contribution is -0.384. The van der Waals surface area contributed by atoms with Gasteiger partial charge < -0.3 is 9.88 Å². The van der Waals surface area contributed by atoms with Gasteiger partial charge in [-0.05, 0) is 18.2 Å². The molecule has 2 aromatic carbocycles. The summed E-state index contributed by atoms with van der Waals surface area (Å²) in [5.74, 6) is -1.10. The number of nitro groups is 1. The molecule has 3 aromatic rings. The minimum atomic E-state index is -0.648. The smallest absolute Gasteiger partial charge is 0.270 e. The molecule has 0 radical (unpaired) electrons. The number of hydrogen-bond acceptors (Lipinski definition) is 5. The van der Waals surface area contributed by atoms with Crippen LogP contribution >= 0.6 is 0 Å². The van der Waals surface area contributed by atoms with Crippen LogP contribution < -0.4 is 10.9 Å². The van der Waals surface area contributed by atoms with E-state index in [0.717, 1.165) is 12.1 Å². The number of aromatic nitrogens is 1. The number of pyridine rings is 1. The summed E-state index contributed by atoms with van der Waals surface area (Å²) in [6.45, 7) is -0.0619. The SMILES string of the molecule is N#Cc1cc([N+](=O)[O-])ccc1NC(=O)c1ccc(=O)n(Cc2ccccc2F)c1. The second kappa shape index (κ2) is 8.14. The Morgan fingerprint density at radius 2 is 1.97 bits per heavy atom. The largest absolute Gasteiger partial charge is 0.321 e. The third-order valence-electron chi connectivity index (χ3n) is 4.13. The van der Waals surface area contributed by atoms with E-state index in [1.54, 1.807) is 12.1 Å². The van der Waals surface area contributed by atoms with Gasteiger partial charge >= 0.3 is 0 Å². The Morgan fingerprint density at radius 1 is 1.21 bits per heavy atom. The third-order valence-corrected chi connectivity index (χ3v) is 4.13. The maximum absolute atomic E-state index is 13.9. The number of benzene rings is 2. The van der Waals surface area contributed by atoms with Gasteiger partial charge in [0.15, 0.2) is 0 Å². The monoisotopic (exact) mass is 392 g/mol. The molecule has 9 heteroatoms. The number of non-ortho nitro benzene ring substituents is 1. The molecule has 0 aliphatic heterocycles. The number of carbonyl (C=O) groups excluding carboxylic acids is 1. The topological polar surface area (TPSA) is 118 Å². The summed E-state index contributed by atoms with van der Waals surface area (Å²) in [7, 11) is 0. The van der Waals surface area contributed by atoms with E-state index in [1.807, 2.05) is 0 Å². The summed E-state index contributed by atoms with van der Waals surface area (Å²) < 4.78 is 15.0. The average molecular weight is 392 g/mol. The summed E-state index contributed by atoms with van der Waals surface area (Å²) in [5.41, 5.74) is -0.296. The van der Waals surface area contributed by atoms with Crippen molar-refractivity contribution in [1.29, 1.82) is 5.26 Å². The van der Waals surface area contributed by atoms with Crippen LogP contribution in [0.3, 0.4) is 0 Å². The van der Waals surface area contributed by atoms with E-state index >= 15 is 0 Å². The van der Waals surface area contributed by atoms with E-state index in [2.05, 4.69) is 5.32 Å². The zero-order chi connectivity index (χ0) is 21.0. The molecule has 1 amide bonds. The van der Waals surface area contributed by atoms with Gasteiger partial charge in [0.05, 0.1) is 28.3 Å². The molecule has 0 saturated heterocycles.